The molecule has 1 aromatic carbocycles. The summed E-state index contributed by atoms with van der Waals surface area (Å²) in [5, 5.41) is 26.7. The molecule has 0 bridgehead atoms. The van der Waals surface area contributed by atoms with Gasteiger partial charge >= 0.3 is 0 Å². The lowest BCUT2D eigenvalue weighted by atomic mass is 9.82. The van der Waals surface area contributed by atoms with Crippen LogP contribution in [0.1, 0.15) is 43.2 Å². The van der Waals surface area contributed by atoms with Crippen LogP contribution >= 0.6 is 0 Å². The molecular formula is C19H23N3O3. The van der Waals surface area contributed by atoms with Crippen LogP contribution in [0, 0.1) is 5.92 Å². The number of carbonyl (C=O) groups excluding carboxylic acids is 1. The Morgan fingerprint density at radius 1 is 1.32 bits per heavy atom. The average molecular weight is 341 g/mol. The van der Waals surface area contributed by atoms with Crippen molar-refractivity contribution >= 4 is 5.91 Å². The summed E-state index contributed by atoms with van der Waals surface area (Å²) in [5.74, 6) is 0.991. The second kappa shape index (κ2) is 6.52. The quantitative estimate of drug-likeness (QED) is 0.749. The fourth-order valence-corrected chi connectivity index (χ4v) is 3.82. The molecule has 2 fully saturated rings. The molecule has 132 valence electrons. The van der Waals surface area contributed by atoms with Gasteiger partial charge in [-0.1, -0.05) is 12.1 Å². The van der Waals surface area contributed by atoms with E-state index in [-0.39, 0.29) is 29.7 Å². The van der Waals surface area contributed by atoms with E-state index in [4.69, 9.17) is 0 Å². The molecule has 0 aliphatic heterocycles. The van der Waals surface area contributed by atoms with Gasteiger partial charge in [0, 0.05) is 18.8 Å². The molecule has 0 radical (unpaired) electrons. The molecule has 4 unspecified atom stereocenters. The highest BCUT2D eigenvalue weighted by Gasteiger charge is 2.43. The highest BCUT2D eigenvalue weighted by atomic mass is 16.3. The van der Waals surface area contributed by atoms with E-state index in [9.17, 15) is 15.0 Å². The minimum atomic E-state index is -0.471. The molecule has 2 aliphatic carbocycles. The zero-order chi connectivity index (χ0) is 17.4. The summed E-state index contributed by atoms with van der Waals surface area (Å²) >= 11 is 0. The summed E-state index contributed by atoms with van der Waals surface area (Å²) in [5.41, 5.74) is 1.10. The molecule has 4 rings (SSSR count). The number of phenolic OH excluding ortho intramolecular Hbond substituents is 1. The Morgan fingerprint density at radius 2 is 2.08 bits per heavy atom. The molecular weight excluding hydrogens is 318 g/mol. The first-order chi connectivity index (χ1) is 12.1. The van der Waals surface area contributed by atoms with Crippen LogP contribution < -0.4 is 5.32 Å². The highest BCUT2D eigenvalue weighted by molar-refractivity contribution is 5.77. The Labute approximate surface area is 146 Å². The third kappa shape index (κ3) is 3.39. The molecule has 1 aromatic heterocycles. The molecule has 4 atom stereocenters. The number of aliphatic hydroxyl groups is 1. The van der Waals surface area contributed by atoms with Crippen LogP contribution in [0.2, 0.25) is 0 Å². The number of hydrogen-bond donors (Lipinski definition) is 3. The Kier molecular flexibility index (Phi) is 4.21. The number of amides is 1. The SMILES string of the molecule is O=C(CC(c1ccc(O)cc1)C1CC1)NC1CC(O)C1n1cccn1. The van der Waals surface area contributed by atoms with E-state index in [2.05, 4.69) is 10.4 Å². The number of aliphatic hydroxyl groups excluding tert-OH is 1. The van der Waals surface area contributed by atoms with Crippen molar-refractivity contribution in [2.24, 2.45) is 5.92 Å². The van der Waals surface area contributed by atoms with Crippen molar-refractivity contribution in [3.05, 3.63) is 48.3 Å². The first-order valence-corrected chi connectivity index (χ1v) is 8.87. The van der Waals surface area contributed by atoms with Crippen LogP contribution in [0.5, 0.6) is 5.75 Å². The minimum Gasteiger partial charge on any atom is -0.508 e. The maximum Gasteiger partial charge on any atom is 0.220 e. The number of aromatic hydroxyl groups is 1. The average Bonchev–Trinajstić information content (AvgIpc) is 3.30. The Hall–Kier alpha value is -2.34. The molecule has 6 nitrogen and oxygen atoms in total. The van der Waals surface area contributed by atoms with Gasteiger partial charge in [0.1, 0.15) is 5.75 Å². The van der Waals surface area contributed by atoms with Gasteiger partial charge in [-0.2, -0.15) is 5.10 Å². The van der Waals surface area contributed by atoms with Crippen molar-refractivity contribution in [1.29, 1.82) is 0 Å². The third-order valence-electron chi connectivity index (χ3n) is 5.40. The number of nitrogens with one attached hydrogen (secondary N) is 1. The van der Waals surface area contributed by atoms with Crippen LogP contribution in [-0.2, 0) is 4.79 Å². The second-order valence-electron chi connectivity index (χ2n) is 7.19. The van der Waals surface area contributed by atoms with E-state index >= 15 is 0 Å². The van der Waals surface area contributed by atoms with Crippen molar-refractivity contribution in [2.45, 2.75) is 49.8 Å². The van der Waals surface area contributed by atoms with Crippen molar-refractivity contribution in [3.63, 3.8) is 0 Å². The van der Waals surface area contributed by atoms with Gasteiger partial charge in [0.25, 0.3) is 0 Å². The highest BCUT2D eigenvalue weighted by Crippen LogP contribution is 2.45. The molecule has 1 amide bonds. The monoisotopic (exact) mass is 341 g/mol. The van der Waals surface area contributed by atoms with E-state index in [1.54, 1.807) is 23.0 Å². The summed E-state index contributed by atoms with van der Waals surface area (Å²) in [6.07, 6.45) is 6.32. The summed E-state index contributed by atoms with van der Waals surface area (Å²) < 4.78 is 1.72. The van der Waals surface area contributed by atoms with E-state index in [1.807, 2.05) is 24.4 Å². The number of hydrogen-bond acceptors (Lipinski definition) is 4. The van der Waals surface area contributed by atoms with Gasteiger partial charge in [0.05, 0.1) is 18.2 Å². The van der Waals surface area contributed by atoms with Gasteiger partial charge in [0.2, 0.25) is 5.91 Å². The molecule has 2 saturated carbocycles. The van der Waals surface area contributed by atoms with Crippen molar-refractivity contribution < 1.29 is 15.0 Å². The number of phenols is 1. The van der Waals surface area contributed by atoms with Crippen LogP contribution in [0.25, 0.3) is 0 Å². The Morgan fingerprint density at radius 3 is 2.68 bits per heavy atom. The van der Waals surface area contributed by atoms with E-state index in [1.165, 1.54) is 0 Å². The van der Waals surface area contributed by atoms with Crippen molar-refractivity contribution in [2.75, 3.05) is 0 Å². The predicted octanol–water partition coefficient (Wildman–Crippen LogP) is 1.96. The molecule has 6 heteroatoms. The molecule has 1 heterocycles. The summed E-state index contributed by atoms with van der Waals surface area (Å²) in [6, 6.07) is 8.72. The maximum atomic E-state index is 12.6. The van der Waals surface area contributed by atoms with Gasteiger partial charge in [-0.25, -0.2) is 0 Å². The Balaban J connectivity index is 1.40. The van der Waals surface area contributed by atoms with E-state index in [0.717, 1.165) is 18.4 Å². The second-order valence-corrected chi connectivity index (χ2v) is 7.19. The molecule has 0 spiro atoms. The molecule has 2 aromatic rings. The fraction of sp³-hybridized carbons (Fsp3) is 0.474. The maximum absolute atomic E-state index is 12.6. The largest absolute Gasteiger partial charge is 0.508 e. The summed E-state index contributed by atoms with van der Waals surface area (Å²) in [7, 11) is 0. The normalized spacial score (nSPS) is 26.7. The number of nitrogens with zero attached hydrogens (tertiary/aromatic N) is 2. The van der Waals surface area contributed by atoms with Crippen LogP contribution in [0.15, 0.2) is 42.7 Å². The predicted molar refractivity (Wildman–Crippen MR) is 92.0 cm³/mol. The topological polar surface area (TPSA) is 87.4 Å². The van der Waals surface area contributed by atoms with E-state index in [0.29, 0.717) is 18.8 Å². The lowest BCUT2D eigenvalue weighted by Gasteiger charge is -2.42. The van der Waals surface area contributed by atoms with Gasteiger partial charge in [-0.05, 0) is 54.9 Å². The molecule has 25 heavy (non-hydrogen) atoms. The van der Waals surface area contributed by atoms with Gasteiger partial charge in [0.15, 0.2) is 0 Å². The smallest absolute Gasteiger partial charge is 0.220 e. The van der Waals surface area contributed by atoms with Crippen molar-refractivity contribution in [3.8, 4) is 5.75 Å². The molecule has 0 saturated heterocycles. The molecule has 3 N–H and O–H groups in total. The molecule has 2 aliphatic rings. The van der Waals surface area contributed by atoms with Crippen LogP contribution in [0.3, 0.4) is 0 Å². The lowest BCUT2D eigenvalue weighted by Crippen LogP contribution is -2.56. The van der Waals surface area contributed by atoms with Crippen LogP contribution in [-0.4, -0.2) is 38.0 Å². The third-order valence-corrected chi connectivity index (χ3v) is 5.40. The Bertz CT molecular complexity index is 725. The lowest BCUT2D eigenvalue weighted by molar-refractivity contribution is -0.125. The number of benzene rings is 1. The zero-order valence-corrected chi connectivity index (χ0v) is 14.0. The van der Waals surface area contributed by atoms with Crippen molar-refractivity contribution in [1.82, 2.24) is 15.1 Å². The number of aromatic nitrogens is 2. The standard InChI is InChI=1S/C19H23N3O3/c23-14-6-4-13(5-7-14)15(12-2-3-12)10-18(25)21-16-11-17(24)19(16)22-9-1-8-20-22/h1,4-9,12,15-17,19,23-24H,2-3,10-11H2,(H,21,25). The van der Waals surface area contributed by atoms with Gasteiger partial charge in [-0.15, -0.1) is 0 Å². The van der Waals surface area contributed by atoms with E-state index < -0.39 is 6.10 Å². The van der Waals surface area contributed by atoms with Gasteiger partial charge in [-0.3, -0.25) is 9.48 Å². The summed E-state index contributed by atoms with van der Waals surface area (Å²) in [4.78, 5) is 12.6. The number of rotatable bonds is 6. The van der Waals surface area contributed by atoms with Gasteiger partial charge < -0.3 is 15.5 Å². The fourth-order valence-electron chi connectivity index (χ4n) is 3.82. The zero-order valence-electron chi connectivity index (χ0n) is 14.0. The minimum absolute atomic E-state index is 0.0130. The van der Waals surface area contributed by atoms with Crippen LogP contribution in [0.4, 0.5) is 0 Å². The first-order valence-electron chi connectivity index (χ1n) is 8.87. The first kappa shape index (κ1) is 16.1. The number of carbonyl (C=O) groups is 1. The summed E-state index contributed by atoms with van der Waals surface area (Å²) in [6.45, 7) is 0.